The van der Waals surface area contributed by atoms with Crippen LogP contribution in [0.15, 0.2) is 18.3 Å². The SMILES string of the molecule is O=C(N[C@H]1COc2c(F)c(N3CC4CCC(C3)N4)cc(F)c2C1)c1cnc2c(c1)C1C[C@@H]1CN2. The predicted molar refractivity (Wildman–Crippen MR) is 123 cm³/mol. The summed E-state index contributed by atoms with van der Waals surface area (Å²) in [6.07, 6.45) is 5.00. The Labute approximate surface area is 196 Å². The highest BCUT2D eigenvalue weighted by atomic mass is 19.1. The van der Waals surface area contributed by atoms with Crippen molar-refractivity contribution in [3.63, 3.8) is 0 Å². The van der Waals surface area contributed by atoms with Gasteiger partial charge in [-0.2, -0.15) is 0 Å². The maximum Gasteiger partial charge on any atom is 0.253 e. The highest BCUT2D eigenvalue weighted by molar-refractivity contribution is 5.94. The Morgan fingerprint density at radius 3 is 2.85 bits per heavy atom. The van der Waals surface area contributed by atoms with Gasteiger partial charge in [-0.15, -0.1) is 0 Å². The van der Waals surface area contributed by atoms with Gasteiger partial charge in [-0.25, -0.2) is 13.8 Å². The first-order chi connectivity index (χ1) is 16.5. The average molecular weight is 468 g/mol. The molecule has 5 atom stereocenters. The zero-order valence-corrected chi connectivity index (χ0v) is 18.7. The molecule has 2 aromatic rings. The number of pyridine rings is 1. The molecule has 178 valence electrons. The van der Waals surface area contributed by atoms with Gasteiger partial charge in [0.15, 0.2) is 11.6 Å². The van der Waals surface area contributed by atoms with E-state index < -0.39 is 17.7 Å². The fraction of sp³-hybridized carbons (Fsp3) is 0.520. The van der Waals surface area contributed by atoms with Gasteiger partial charge in [0.1, 0.15) is 18.2 Å². The van der Waals surface area contributed by atoms with Gasteiger partial charge in [0.05, 0.1) is 17.3 Å². The van der Waals surface area contributed by atoms with E-state index in [1.807, 2.05) is 11.0 Å². The number of fused-ring (bicyclic) bond motifs is 6. The number of carbonyl (C=O) groups is 1. The van der Waals surface area contributed by atoms with Crippen LogP contribution in [0.4, 0.5) is 20.3 Å². The number of hydrogen-bond donors (Lipinski definition) is 3. The van der Waals surface area contributed by atoms with E-state index in [1.54, 1.807) is 6.20 Å². The minimum atomic E-state index is -0.507. The molecule has 9 heteroatoms. The largest absolute Gasteiger partial charge is 0.488 e. The molecule has 2 saturated heterocycles. The van der Waals surface area contributed by atoms with Gasteiger partial charge in [0, 0.05) is 56.0 Å². The topological polar surface area (TPSA) is 78.5 Å². The Morgan fingerprint density at radius 1 is 1.21 bits per heavy atom. The highest BCUT2D eigenvalue weighted by Crippen LogP contribution is 2.52. The number of nitrogens with one attached hydrogen (secondary N) is 3. The fourth-order valence-corrected chi connectivity index (χ4v) is 6.16. The van der Waals surface area contributed by atoms with E-state index in [-0.39, 0.29) is 35.9 Å². The Hall–Kier alpha value is -2.94. The summed E-state index contributed by atoms with van der Waals surface area (Å²) in [5.74, 6) is 0.687. The van der Waals surface area contributed by atoms with Gasteiger partial charge in [0.2, 0.25) is 0 Å². The van der Waals surface area contributed by atoms with Gasteiger partial charge in [-0.1, -0.05) is 0 Å². The summed E-state index contributed by atoms with van der Waals surface area (Å²) >= 11 is 0. The summed E-state index contributed by atoms with van der Waals surface area (Å²) in [7, 11) is 0. The van der Waals surface area contributed by atoms with Crippen LogP contribution in [0.3, 0.4) is 0 Å². The van der Waals surface area contributed by atoms with Crippen molar-refractivity contribution in [1.29, 1.82) is 0 Å². The fourth-order valence-electron chi connectivity index (χ4n) is 6.16. The van der Waals surface area contributed by atoms with Crippen molar-refractivity contribution in [3.8, 4) is 5.75 Å². The highest BCUT2D eigenvalue weighted by Gasteiger charge is 2.43. The number of rotatable bonds is 3. The molecule has 1 aromatic heterocycles. The van der Waals surface area contributed by atoms with Gasteiger partial charge in [-0.3, -0.25) is 4.79 Å². The number of hydrogen-bond acceptors (Lipinski definition) is 6. The third-order valence-electron chi connectivity index (χ3n) is 8.06. The number of benzene rings is 1. The van der Waals surface area contributed by atoms with E-state index in [0.717, 1.165) is 37.2 Å². The normalized spacial score (nSPS) is 30.4. The number of halogens is 2. The molecule has 4 aliphatic heterocycles. The zero-order valence-electron chi connectivity index (χ0n) is 18.7. The first kappa shape index (κ1) is 20.4. The number of piperazine rings is 1. The first-order valence-electron chi connectivity index (χ1n) is 12.2. The van der Waals surface area contributed by atoms with Crippen LogP contribution in [0.25, 0.3) is 0 Å². The van der Waals surface area contributed by atoms with Gasteiger partial charge >= 0.3 is 0 Å². The first-order valence-corrected chi connectivity index (χ1v) is 12.2. The number of nitrogens with zero attached hydrogens (tertiary/aromatic N) is 2. The lowest BCUT2D eigenvalue weighted by atomic mass is 9.99. The lowest BCUT2D eigenvalue weighted by Gasteiger charge is -2.36. The maximum atomic E-state index is 15.4. The molecule has 34 heavy (non-hydrogen) atoms. The molecule has 7 rings (SSSR count). The molecule has 1 aliphatic carbocycles. The molecule has 1 saturated carbocycles. The van der Waals surface area contributed by atoms with Gasteiger partial charge < -0.3 is 25.6 Å². The molecule has 3 unspecified atom stereocenters. The minimum absolute atomic E-state index is 0.0207. The van der Waals surface area contributed by atoms with E-state index in [0.29, 0.717) is 42.6 Å². The Kier molecular flexibility index (Phi) is 4.53. The van der Waals surface area contributed by atoms with Crippen LogP contribution >= 0.6 is 0 Å². The summed E-state index contributed by atoms with van der Waals surface area (Å²) in [5, 5.41) is 9.75. The zero-order chi connectivity index (χ0) is 23.0. The smallest absolute Gasteiger partial charge is 0.253 e. The van der Waals surface area contributed by atoms with Crippen LogP contribution in [-0.2, 0) is 6.42 Å². The monoisotopic (exact) mass is 467 g/mol. The molecular formula is C25H27F2N5O2. The third kappa shape index (κ3) is 3.32. The second kappa shape index (κ2) is 7.53. The summed E-state index contributed by atoms with van der Waals surface area (Å²) in [6, 6.07) is 3.38. The molecular weight excluding hydrogens is 440 g/mol. The van der Waals surface area contributed by atoms with E-state index in [2.05, 4.69) is 20.9 Å². The summed E-state index contributed by atoms with van der Waals surface area (Å²) in [6.45, 7) is 2.36. The summed E-state index contributed by atoms with van der Waals surface area (Å²) in [4.78, 5) is 19.3. The molecule has 1 aromatic carbocycles. The van der Waals surface area contributed by atoms with E-state index >= 15 is 8.78 Å². The van der Waals surface area contributed by atoms with Gasteiger partial charge in [0.25, 0.3) is 5.91 Å². The minimum Gasteiger partial charge on any atom is -0.488 e. The van der Waals surface area contributed by atoms with E-state index in [9.17, 15) is 4.79 Å². The van der Waals surface area contributed by atoms with Crippen molar-refractivity contribution >= 4 is 17.4 Å². The molecule has 3 fully saturated rings. The molecule has 7 nitrogen and oxygen atoms in total. The lowest BCUT2D eigenvalue weighted by Crippen LogP contribution is -2.51. The lowest BCUT2D eigenvalue weighted by molar-refractivity contribution is 0.0912. The number of aromatic nitrogens is 1. The summed E-state index contributed by atoms with van der Waals surface area (Å²) < 4.78 is 36.2. The molecule has 0 spiro atoms. The standard InChI is InChI=1S/C25H27F2N5O2/c26-20-6-21(32-9-14-1-2-15(10-32)30-14)22(27)23-19(20)5-16(11-34-23)31-25(33)13-4-18-17-3-12(17)7-28-24(18)29-8-13/h4,6,8,12,14-17,30H,1-3,5,7,9-11H2,(H,28,29)(H,31,33)/t12-,14?,15?,16-,17?/m1/s1. The van der Waals surface area contributed by atoms with Crippen LogP contribution in [0.5, 0.6) is 5.75 Å². The van der Waals surface area contributed by atoms with E-state index in [1.165, 1.54) is 6.07 Å². The van der Waals surface area contributed by atoms with E-state index in [4.69, 9.17) is 4.74 Å². The molecule has 3 N–H and O–H groups in total. The second-order valence-electron chi connectivity index (χ2n) is 10.4. The van der Waals surface area contributed by atoms with Crippen molar-refractivity contribution in [1.82, 2.24) is 15.6 Å². The predicted octanol–water partition coefficient (Wildman–Crippen LogP) is 2.56. The quantitative estimate of drug-likeness (QED) is 0.644. The Balaban J connectivity index is 1.08. The molecule has 1 amide bonds. The third-order valence-corrected chi connectivity index (χ3v) is 8.06. The van der Waals surface area contributed by atoms with Crippen LogP contribution < -0.4 is 25.6 Å². The number of amides is 1. The van der Waals surface area contributed by atoms with Crippen molar-refractivity contribution in [2.75, 3.05) is 36.5 Å². The van der Waals surface area contributed by atoms with Crippen LogP contribution in [0, 0.1) is 17.6 Å². The van der Waals surface area contributed by atoms with Gasteiger partial charge in [-0.05, 0) is 42.7 Å². The van der Waals surface area contributed by atoms with Crippen molar-refractivity contribution < 1.29 is 18.3 Å². The van der Waals surface area contributed by atoms with Crippen LogP contribution in [0.1, 0.15) is 46.7 Å². The van der Waals surface area contributed by atoms with Crippen LogP contribution in [0.2, 0.25) is 0 Å². The summed E-state index contributed by atoms with van der Waals surface area (Å²) in [5.41, 5.74) is 2.03. The average Bonchev–Trinajstić information content (AvgIpc) is 3.58. The Bertz CT molecular complexity index is 1180. The van der Waals surface area contributed by atoms with Crippen molar-refractivity contribution in [2.45, 2.75) is 49.7 Å². The second-order valence-corrected chi connectivity index (χ2v) is 10.4. The Morgan fingerprint density at radius 2 is 2.03 bits per heavy atom. The molecule has 5 aliphatic rings. The number of carbonyl (C=O) groups excluding carboxylic acids is 1. The van der Waals surface area contributed by atoms with Crippen molar-refractivity contribution in [3.05, 3.63) is 46.7 Å². The molecule has 5 heterocycles. The molecule has 0 radical (unpaired) electrons. The molecule has 2 bridgehead atoms. The number of ether oxygens (including phenoxy) is 1. The maximum absolute atomic E-state index is 15.4. The van der Waals surface area contributed by atoms with Crippen molar-refractivity contribution in [2.24, 2.45) is 5.92 Å². The number of anilines is 2. The van der Waals surface area contributed by atoms with Crippen LogP contribution in [-0.4, -0.2) is 55.3 Å².